The monoisotopic (exact) mass is 487 g/mol. The zero-order valence-electron chi connectivity index (χ0n) is 20.8. The van der Waals surface area contributed by atoms with E-state index in [0.29, 0.717) is 0 Å². The second-order valence-electron chi connectivity index (χ2n) is 8.84. The van der Waals surface area contributed by atoms with E-state index in [4.69, 9.17) is 15.3 Å². The van der Waals surface area contributed by atoms with Gasteiger partial charge in [-0.3, -0.25) is 15.0 Å². The fraction of sp³-hybridized carbons (Fsp3) is 0.143. The molecular weight excluding hydrogens is 462 g/mol. The van der Waals surface area contributed by atoms with Gasteiger partial charge >= 0.3 is 0 Å². The average Bonchev–Trinajstić information content (AvgIpc) is 3.64. The van der Waals surface area contributed by atoms with E-state index in [2.05, 4.69) is 15.0 Å². The smallest absolute Gasteiger partial charge is 0.238 e. The Hall–Kier alpha value is -4.92. The molecule has 182 valence electrons. The SMILES string of the molecule is Cc1cc(-c2ccccn2)nn1C(n1nc(-c2ccccn2)cc1C)n1nc(-c2ccccn2)cc1C. The molecule has 0 saturated heterocycles. The molecular formula is C28H25N9. The normalized spacial score (nSPS) is 11.4. The van der Waals surface area contributed by atoms with Crippen molar-refractivity contribution in [1.82, 2.24) is 44.3 Å². The topological polar surface area (TPSA) is 92.1 Å². The van der Waals surface area contributed by atoms with Crippen LogP contribution in [0.25, 0.3) is 34.2 Å². The minimum Gasteiger partial charge on any atom is -0.255 e. The first-order chi connectivity index (χ1) is 18.1. The lowest BCUT2D eigenvalue weighted by atomic mass is 10.2. The van der Waals surface area contributed by atoms with E-state index in [0.717, 1.165) is 51.2 Å². The molecule has 6 aromatic rings. The van der Waals surface area contributed by atoms with Crippen molar-refractivity contribution >= 4 is 0 Å². The Balaban J connectivity index is 1.53. The predicted octanol–water partition coefficient (Wildman–Crippen LogP) is 4.94. The van der Waals surface area contributed by atoms with Crippen molar-refractivity contribution in [3.8, 4) is 34.2 Å². The second kappa shape index (κ2) is 9.27. The Morgan fingerprint density at radius 1 is 0.459 bits per heavy atom. The van der Waals surface area contributed by atoms with Gasteiger partial charge in [-0.2, -0.15) is 15.3 Å². The first kappa shape index (κ1) is 22.5. The lowest BCUT2D eigenvalue weighted by molar-refractivity contribution is 0.272. The largest absolute Gasteiger partial charge is 0.255 e. The Bertz CT molecular complexity index is 1450. The van der Waals surface area contributed by atoms with E-state index >= 15 is 0 Å². The maximum atomic E-state index is 4.98. The molecule has 0 aliphatic rings. The number of rotatable bonds is 6. The lowest BCUT2D eigenvalue weighted by Crippen LogP contribution is -2.31. The lowest BCUT2D eigenvalue weighted by Gasteiger charge is -2.23. The molecule has 0 aromatic carbocycles. The van der Waals surface area contributed by atoms with Crippen LogP contribution in [0, 0.1) is 20.8 Å². The van der Waals surface area contributed by atoms with Gasteiger partial charge < -0.3 is 0 Å². The van der Waals surface area contributed by atoms with E-state index in [1.807, 2.05) is 108 Å². The number of hydrogen-bond acceptors (Lipinski definition) is 6. The van der Waals surface area contributed by atoms with Gasteiger partial charge in [-0.05, 0) is 75.4 Å². The van der Waals surface area contributed by atoms with Crippen LogP contribution in [0.2, 0.25) is 0 Å². The summed E-state index contributed by atoms with van der Waals surface area (Å²) in [6.45, 7) is 6.09. The van der Waals surface area contributed by atoms with Crippen molar-refractivity contribution in [1.29, 1.82) is 0 Å². The zero-order chi connectivity index (χ0) is 25.4. The molecule has 9 nitrogen and oxygen atoms in total. The summed E-state index contributed by atoms with van der Waals surface area (Å²) in [6, 6.07) is 23.5. The molecule has 0 N–H and O–H groups in total. The van der Waals surface area contributed by atoms with Crippen molar-refractivity contribution < 1.29 is 0 Å². The first-order valence-corrected chi connectivity index (χ1v) is 12.0. The van der Waals surface area contributed by atoms with E-state index in [1.165, 1.54) is 0 Å². The van der Waals surface area contributed by atoms with Gasteiger partial charge in [0, 0.05) is 35.7 Å². The van der Waals surface area contributed by atoms with Gasteiger partial charge in [0.1, 0.15) is 17.1 Å². The molecule has 0 atom stereocenters. The minimum atomic E-state index is -0.493. The summed E-state index contributed by atoms with van der Waals surface area (Å²) in [4.78, 5) is 13.5. The fourth-order valence-corrected chi connectivity index (χ4v) is 4.39. The first-order valence-electron chi connectivity index (χ1n) is 12.0. The molecule has 0 amide bonds. The van der Waals surface area contributed by atoms with Crippen LogP contribution in [-0.2, 0) is 0 Å². The molecule has 6 rings (SSSR count). The molecule has 0 radical (unpaired) electrons. The highest BCUT2D eigenvalue weighted by molar-refractivity contribution is 5.56. The zero-order valence-corrected chi connectivity index (χ0v) is 20.8. The number of aryl methyl sites for hydroxylation is 3. The number of nitrogens with zero attached hydrogens (tertiary/aromatic N) is 9. The van der Waals surface area contributed by atoms with Crippen LogP contribution in [0.1, 0.15) is 23.4 Å². The van der Waals surface area contributed by atoms with Gasteiger partial charge in [-0.25, -0.2) is 14.0 Å². The molecule has 9 heteroatoms. The number of aromatic nitrogens is 9. The molecule has 0 spiro atoms. The number of hydrogen-bond donors (Lipinski definition) is 0. The summed E-state index contributed by atoms with van der Waals surface area (Å²) in [6.07, 6.45) is 4.82. The van der Waals surface area contributed by atoms with Crippen LogP contribution in [0.15, 0.2) is 91.4 Å². The van der Waals surface area contributed by atoms with Crippen LogP contribution in [0.3, 0.4) is 0 Å². The highest BCUT2D eigenvalue weighted by atomic mass is 15.6. The maximum Gasteiger partial charge on any atom is 0.238 e. The Labute approximate surface area is 214 Å². The van der Waals surface area contributed by atoms with Gasteiger partial charge in [0.25, 0.3) is 0 Å². The van der Waals surface area contributed by atoms with Crippen molar-refractivity contribution in [2.45, 2.75) is 27.1 Å². The van der Waals surface area contributed by atoms with Crippen LogP contribution < -0.4 is 0 Å². The van der Waals surface area contributed by atoms with E-state index in [1.54, 1.807) is 18.6 Å². The Morgan fingerprint density at radius 2 is 0.784 bits per heavy atom. The molecule has 6 aromatic heterocycles. The molecule has 0 unspecified atom stereocenters. The Kier molecular flexibility index (Phi) is 5.65. The van der Waals surface area contributed by atoms with Gasteiger partial charge in [0.2, 0.25) is 6.29 Å². The standard InChI is InChI=1S/C28H25N9/c1-19-16-25(22-10-4-7-13-29-22)32-35(19)28(36-20(2)17-26(33-36)23-11-5-8-14-30-23)37-21(3)18-27(34-37)24-12-6-9-15-31-24/h4-18,28H,1-3H3. The molecule has 0 fully saturated rings. The van der Waals surface area contributed by atoms with Crippen LogP contribution >= 0.6 is 0 Å². The average molecular weight is 488 g/mol. The molecule has 0 aliphatic carbocycles. The van der Waals surface area contributed by atoms with E-state index in [-0.39, 0.29) is 0 Å². The van der Waals surface area contributed by atoms with Crippen LogP contribution in [0.4, 0.5) is 0 Å². The highest BCUT2D eigenvalue weighted by Crippen LogP contribution is 2.27. The van der Waals surface area contributed by atoms with Gasteiger partial charge in [-0.1, -0.05) is 18.2 Å². The number of pyridine rings is 3. The second-order valence-corrected chi connectivity index (χ2v) is 8.84. The van der Waals surface area contributed by atoms with E-state index in [9.17, 15) is 0 Å². The molecule has 6 heterocycles. The quantitative estimate of drug-likeness (QED) is 0.330. The van der Waals surface area contributed by atoms with Crippen molar-refractivity contribution in [3.63, 3.8) is 0 Å². The third-order valence-electron chi connectivity index (χ3n) is 6.21. The van der Waals surface area contributed by atoms with Crippen molar-refractivity contribution in [2.75, 3.05) is 0 Å². The molecule has 37 heavy (non-hydrogen) atoms. The molecule has 0 bridgehead atoms. The third-order valence-corrected chi connectivity index (χ3v) is 6.21. The fourth-order valence-electron chi connectivity index (χ4n) is 4.39. The molecule has 0 aliphatic heterocycles. The Morgan fingerprint density at radius 3 is 1.05 bits per heavy atom. The van der Waals surface area contributed by atoms with Gasteiger partial charge in [0.05, 0.1) is 17.1 Å². The van der Waals surface area contributed by atoms with Crippen LogP contribution in [0.5, 0.6) is 0 Å². The van der Waals surface area contributed by atoms with Gasteiger partial charge in [0.15, 0.2) is 0 Å². The van der Waals surface area contributed by atoms with Crippen molar-refractivity contribution in [2.24, 2.45) is 0 Å². The van der Waals surface area contributed by atoms with Crippen molar-refractivity contribution in [3.05, 3.63) is 108 Å². The predicted molar refractivity (Wildman–Crippen MR) is 140 cm³/mol. The molecule has 0 saturated carbocycles. The summed E-state index contributed by atoms with van der Waals surface area (Å²) in [5, 5.41) is 14.9. The van der Waals surface area contributed by atoms with Gasteiger partial charge in [-0.15, -0.1) is 0 Å². The summed E-state index contributed by atoms with van der Waals surface area (Å²) >= 11 is 0. The summed E-state index contributed by atoms with van der Waals surface area (Å²) in [5.74, 6) is 0. The van der Waals surface area contributed by atoms with Crippen LogP contribution in [-0.4, -0.2) is 44.3 Å². The summed E-state index contributed by atoms with van der Waals surface area (Å²) in [5.41, 5.74) is 7.63. The third kappa shape index (κ3) is 4.20. The maximum absolute atomic E-state index is 4.98. The minimum absolute atomic E-state index is 0.493. The highest BCUT2D eigenvalue weighted by Gasteiger charge is 2.26. The summed E-state index contributed by atoms with van der Waals surface area (Å²) < 4.78 is 5.82. The van der Waals surface area contributed by atoms with E-state index < -0.39 is 6.29 Å². The summed E-state index contributed by atoms with van der Waals surface area (Å²) in [7, 11) is 0.